The van der Waals surface area contributed by atoms with E-state index < -0.39 is 0 Å². The molecular weight excluding hydrogens is 306 g/mol. The molecule has 1 aromatic heterocycles. The fourth-order valence-electron chi connectivity index (χ4n) is 2.09. The maximum atomic E-state index is 12.1. The van der Waals surface area contributed by atoms with Crippen LogP contribution in [-0.2, 0) is 0 Å². The molecule has 0 aliphatic rings. The normalized spacial score (nSPS) is 10.4. The van der Waals surface area contributed by atoms with Crippen LogP contribution in [0.2, 0.25) is 0 Å². The standard InChI is InChI=1S/C17H15N5O2/c1-11(23)16-10-22(21-20-16)15-8-6-14(7-9-15)19-17(24)12-2-4-13(18)5-3-12/h2-10H,18H2,1H3,(H,19,24). The lowest BCUT2D eigenvalue weighted by Crippen LogP contribution is -2.11. The van der Waals surface area contributed by atoms with Crippen LogP contribution < -0.4 is 11.1 Å². The number of nitrogen functional groups attached to an aromatic ring is 1. The number of hydrogen-bond acceptors (Lipinski definition) is 5. The molecule has 0 bridgehead atoms. The SMILES string of the molecule is CC(=O)c1cn(-c2ccc(NC(=O)c3ccc(N)cc3)cc2)nn1. The molecule has 24 heavy (non-hydrogen) atoms. The van der Waals surface area contributed by atoms with Crippen molar-refractivity contribution >= 4 is 23.1 Å². The van der Waals surface area contributed by atoms with Gasteiger partial charge in [-0.15, -0.1) is 5.10 Å². The summed E-state index contributed by atoms with van der Waals surface area (Å²) in [5, 5.41) is 10.5. The fourth-order valence-corrected chi connectivity index (χ4v) is 2.09. The number of carbonyl (C=O) groups is 2. The van der Waals surface area contributed by atoms with Crippen LogP contribution in [0.25, 0.3) is 5.69 Å². The van der Waals surface area contributed by atoms with Gasteiger partial charge in [0.15, 0.2) is 5.78 Å². The number of rotatable bonds is 4. The van der Waals surface area contributed by atoms with Crippen LogP contribution in [0.3, 0.4) is 0 Å². The Balaban J connectivity index is 1.73. The molecule has 0 saturated heterocycles. The van der Waals surface area contributed by atoms with E-state index in [0.717, 1.165) is 5.69 Å². The van der Waals surface area contributed by atoms with E-state index in [2.05, 4.69) is 15.6 Å². The first-order chi connectivity index (χ1) is 11.5. The first-order valence-corrected chi connectivity index (χ1v) is 7.23. The number of aromatic nitrogens is 3. The summed E-state index contributed by atoms with van der Waals surface area (Å²) >= 11 is 0. The summed E-state index contributed by atoms with van der Waals surface area (Å²) in [4.78, 5) is 23.4. The predicted octanol–water partition coefficient (Wildman–Crippen LogP) is 2.30. The van der Waals surface area contributed by atoms with E-state index in [0.29, 0.717) is 22.6 Å². The van der Waals surface area contributed by atoms with E-state index in [4.69, 9.17) is 5.73 Å². The summed E-state index contributed by atoms with van der Waals surface area (Å²) in [6.45, 7) is 1.43. The molecule has 1 heterocycles. The van der Waals surface area contributed by atoms with Crippen molar-refractivity contribution in [2.75, 3.05) is 11.1 Å². The molecule has 0 fully saturated rings. The molecule has 7 heteroatoms. The van der Waals surface area contributed by atoms with Crippen molar-refractivity contribution in [1.82, 2.24) is 15.0 Å². The monoisotopic (exact) mass is 321 g/mol. The lowest BCUT2D eigenvalue weighted by molar-refractivity contribution is 0.100. The van der Waals surface area contributed by atoms with Gasteiger partial charge in [-0.2, -0.15) is 0 Å². The van der Waals surface area contributed by atoms with Crippen molar-refractivity contribution in [1.29, 1.82) is 0 Å². The first-order valence-electron chi connectivity index (χ1n) is 7.23. The van der Waals surface area contributed by atoms with E-state index in [1.807, 2.05) is 0 Å². The van der Waals surface area contributed by atoms with Gasteiger partial charge < -0.3 is 11.1 Å². The topological polar surface area (TPSA) is 103 Å². The van der Waals surface area contributed by atoms with Crippen molar-refractivity contribution in [3.8, 4) is 5.69 Å². The predicted molar refractivity (Wildman–Crippen MR) is 90.2 cm³/mol. The zero-order valence-electron chi connectivity index (χ0n) is 12.9. The molecular formula is C17H15N5O2. The number of nitrogens with one attached hydrogen (secondary N) is 1. The summed E-state index contributed by atoms with van der Waals surface area (Å²) in [7, 11) is 0. The molecule has 0 aliphatic carbocycles. The molecule has 120 valence electrons. The minimum Gasteiger partial charge on any atom is -0.399 e. The number of carbonyl (C=O) groups excluding carboxylic acids is 2. The molecule has 3 rings (SSSR count). The van der Waals surface area contributed by atoms with Crippen LogP contribution in [0.15, 0.2) is 54.7 Å². The zero-order valence-corrected chi connectivity index (χ0v) is 12.9. The Hall–Kier alpha value is -3.48. The molecule has 0 atom stereocenters. The third-order valence-electron chi connectivity index (χ3n) is 3.42. The molecule has 0 saturated carbocycles. The largest absolute Gasteiger partial charge is 0.399 e. The van der Waals surface area contributed by atoms with Gasteiger partial charge in [-0.3, -0.25) is 9.59 Å². The minimum atomic E-state index is -0.220. The Morgan fingerprint density at radius 2 is 1.71 bits per heavy atom. The van der Waals surface area contributed by atoms with E-state index in [-0.39, 0.29) is 11.7 Å². The Labute approximate surface area is 138 Å². The van der Waals surface area contributed by atoms with Crippen molar-refractivity contribution < 1.29 is 9.59 Å². The Bertz CT molecular complexity index is 882. The molecule has 3 N–H and O–H groups in total. The number of nitrogens with zero attached hydrogens (tertiary/aromatic N) is 3. The van der Waals surface area contributed by atoms with Crippen LogP contribution in [0.4, 0.5) is 11.4 Å². The van der Waals surface area contributed by atoms with Gasteiger partial charge in [-0.05, 0) is 48.5 Å². The second-order valence-corrected chi connectivity index (χ2v) is 5.23. The number of amides is 1. The molecule has 3 aromatic rings. The van der Waals surface area contributed by atoms with Crippen LogP contribution in [0.1, 0.15) is 27.8 Å². The lowest BCUT2D eigenvalue weighted by atomic mass is 10.2. The highest BCUT2D eigenvalue weighted by Crippen LogP contribution is 2.15. The number of Topliss-reactive ketones (excluding diaryl/α,β-unsaturated/α-hetero) is 1. The molecule has 0 radical (unpaired) electrons. The molecule has 1 amide bonds. The van der Waals surface area contributed by atoms with Crippen LogP contribution in [0.5, 0.6) is 0 Å². The smallest absolute Gasteiger partial charge is 0.255 e. The average molecular weight is 321 g/mol. The molecule has 0 unspecified atom stereocenters. The molecule has 7 nitrogen and oxygen atoms in total. The van der Waals surface area contributed by atoms with E-state index in [9.17, 15) is 9.59 Å². The van der Waals surface area contributed by atoms with Gasteiger partial charge in [0.2, 0.25) is 0 Å². The van der Waals surface area contributed by atoms with Crippen molar-refractivity contribution in [2.45, 2.75) is 6.92 Å². The fraction of sp³-hybridized carbons (Fsp3) is 0.0588. The highest BCUT2D eigenvalue weighted by atomic mass is 16.1. The van der Waals surface area contributed by atoms with Crippen molar-refractivity contribution in [3.05, 3.63) is 66.0 Å². The molecule has 0 aliphatic heterocycles. The van der Waals surface area contributed by atoms with Crippen molar-refractivity contribution in [3.63, 3.8) is 0 Å². The van der Waals surface area contributed by atoms with Gasteiger partial charge in [0.1, 0.15) is 5.69 Å². The molecule has 2 aromatic carbocycles. The van der Waals surface area contributed by atoms with E-state index >= 15 is 0 Å². The van der Waals surface area contributed by atoms with Gasteiger partial charge in [-0.25, -0.2) is 4.68 Å². The highest BCUT2D eigenvalue weighted by molar-refractivity contribution is 6.04. The zero-order chi connectivity index (χ0) is 17.1. The lowest BCUT2D eigenvalue weighted by Gasteiger charge is -2.07. The maximum Gasteiger partial charge on any atom is 0.255 e. The van der Waals surface area contributed by atoms with E-state index in [1.54, 1.807) is 54.7 Å². The van der Waals surface area contributed by atoms with Crippen LogP contribution in [0, 0.1) is 0 Å². The van der Waals surface area contributed by atoms with E-state index in [1.165, 1.54) is 11.6 Å². The number of benzene rings is 2. The number of nitrogens with two attached hydrogens (primary N) is 1. The third-order valence-corrected chi connectivity index (χ3v) is 3.42. The summed E-state index contributed by atoms with van der Waals surface area (Å²) in [5.41, 5.74) is 8.42. The van der Waals surface area contributed by atoms with Gasteiger partial charge >= 0.3 is 0 Å². The van der Waals surface area contributed by atoms with Crippen molar-refractivity contribution in [2.24, 2.45) is 0 Å². The second-order valence-electron chi connectivity index (χ2n) is 5.23. The Morgan fingerprint density at radius 1 is 1.04 bits per heavy atom. The quantitative estimate of drug-likeness (QED) is 0.567. The average Bonchev–Trinajstić information content (AvgIpc) is 3.06. The van der Waals surface area contributed by atoms with Crippen LogP contribution in [-0.4, -0.2) is 26.7 Å². The maximum absolute atomic E-state index is 12.1. The Kier molecular flexibility index (Phi) is 4.07. The number of anilines is 2. The summed E-state index contributed by atoms with van der Waals surface area (Å²) in [6.07, 6.45) is 1.56. The number of hydrogen-bond donors (Lipinski definition) is 2. The number of ketones is 1. The minimum absolute atomic E-state index is 0.145. The third kappa shape index (κ3) is 3.30. The highest BCUT2D eigenvalue weighted by Gasteiger charge is 2.08. The van der Waals surface area contributed by atoms with Gasteiger partial charge in [0.05, 0.1) is 11.9 Å². The van der Waals surface area contributed by atoms with Gasteiger partial charge in [0.25, 0.3) is 5.91 Å². The summed E-state index contributed by atoms with van der Waals surface area (Å²) in [5.74, 6) is -0.365. The Morgan fingerprint density at radius 3 is 2.29 bits per heavy atom. The summed E-state index contributed by atoms with van der Waals surface area (Å²) in [6, 6.07) is 13.7. The molecule has 0 spiro atoms. The summed E-state index contributed by atoms with van der Waals surface area (Å²) < 4.78 is 1.50. The van der Waals surface area contributed by atoms with Gasteiger partial charge in [-0.1, -0.05) is 5.21 Å². The van der Waals surface area contributed by atoms with Crippen LogP contribution >= 0.6 is 0 Å². The second kappa shape index (κ2) is 6.33. The first kappa shape index (κ1) is 15.4. The van der Waals surface area contributed by atoms with Gasteiger partial charge in [0, 0.05) is 23.9 Å².